The third-order valence-corrected chi connectivity index (χ3v) is 3.77. The van der Waals surface area contributed by atoms with E-state index in [0.29, 0.717) is 12.1 Å². The van der Waals surface area contributed by atoms with Crippen LogP contribution in [0.25, 0.3) is 0 Å². The van der Waals surface area contributed by atoms with Crippen molar-refractivity contribution in [3.63, 3.8) is 0 Å². The van der Waals surface area contributed by atoms with Crippen LogP contribution < -0.4 is 5.32 Å². The van der Waals surface area contributed by atoms with Crippen LogP contribution in [0.1, 0.15) is 52.0 Å². The molecule has 1 heterocycles. The maximum Gasteiger partial charge on any atom is 0.00820 e. The highest BCUT2D eigenvalue weighted by molar-refractivity contribution is 7.07. The van der Waals surface area contributed by atoms with Crippen molar-refractivity contribution >= 4 is 11.3 Å². The molecule has 0 aliphatic carbocycles. The molecule has 0 radical (unpaired) electrons. The second-order valence-corrected chi connectivity index (χ2v) is 5.43. The van der Waals surface area contributed by atoms with Gasteiger partial charge >= 0.3 is 0 Å². The van der Waals surface area contributed by atoms with Crippen molar-refractivity contribution in [2.75, 3.05) is 0 Å². The summed E-state index contributed by atoms with van der Waals surface area (Å²) in [6.45, 7) is 6.85. The third-order valence-electron chi connectivity index (χ3n) is 3.04. The van der Waals surface area contributed by atoms with Crippen molar-refractivity contribution < 1.29 is 0 Å². The van der Waals surface area contributed by atoms with Crippen molar-refractivity contribution in [1.82, 2.24) is 5.32 Å². The standard InChI is InChI=1S/C14H25NS/c1-4-6-7-14(5-2)15-12(3)10-13-8-9-16-11-13/h8-9,11-12,14-15H,4-7,10H2,1-3H3. The molecule has 1 aromatic rings. The second-order valence-electron chi connectivity index (χ2n) is 4.65. The molecule has 1 N–H and O–H groups in total. The minimum atomic E-state index is 0.594. The lowest BCUT2D eigenvalue weighted by atomic mass is 10.0. The Morgan fingerprint density at radius 1 is 1.38 bits per heavy atom. The van der Waals surface area contributed by atoms with Gasteiger partial charge in [-0.05, 0) is 48.6 Å². The average Bonchev–Trinajstić information content (AvgIpc) is 2.76. The molecule has 0 saturated heterocycles. The first-order chi connectivity index (χ1) is 7.76. The lowest BCUT2D eigenvalue weighted by Gasteiger charge is -2.22. The van der Waals surface area contributed by atoms with E-state index < -0.39 is 0 Å². The largest absolute Gasteiger partial charge is 0.311 e. The minimum absolute atomic E-state index is 0.594. The summed E-state index contributed by atoms with van der Waals surface area (Å²) in [5.74, 6) is 0. The molecule has 0 fully saturated rings. The van der Waals surface area contributed by atoms with E-state index in [2.05, 4.69) is 42.9 Å². The van der Waals surface area contributed by atoms with Crippen molar-refractivity contribution in [2.24, 2.45) is 0 Å². The fraction of sp³-hybridized carbons (Fsp3) is 0.714. The van der Waals surface area contributed by atoms with Crippen LogP contribution >= 0.6 is 11.3 Å². The maximum absolute atomic E-state index is 3.74. The Morgan fingerprint density at radius 2 is 2.19 bits per heavy atom. The molecule has 0 spiro atoms. The van der Waals surface area contributed by atoms with Crippen LogP contribution in [0.3, 0.4) is 0 Å². The Morgan fingerprint density at radius 3 is 2.75 bits per heavy atom. The normalized spacial score (nSPS) is 14.9. The minimum Gasteiger partial charge on any atom is -0.311 e. The van der Waals surface area contributed by atoms with Gasteiger partial charge in [0.1, 0.15) is 0 Å². The number of thiophene rings is 1. The summed E-state index contributed by atoms with van der Waals surface area (Å²) in [4.78, 5) is 0. The fourth-order valence-electron chi connectivity index (χ4n) is 2.08. The highest BCUT2D eigenvalue weighted by atomic mass is 32.1. The average molecular weight is 239 g/mol. The van der Waals surface area contributed by atoms with Gasteiger partial charge in [0.2, 0.25) is 0 Å². The Hall–Kier alpha value is -0.340. The molecule has 0 amide bonds. The molecule has 1 aromatic heterocycles. The first kappa shape index (κ1) is 13.7. The summed E-state index contributed by atoms with van der Waals surface area (Å²) in [6, 6.07) is 3.53. The van der Waals surface area contributed by atoms with Crippen LogP contribution in [0.2, 0.25) is 0 Å². The molecule has 16 heavy (non-hydrogen) atoms. The molecule has 92 valence electrons. The molecule has 1 rings (SSSR count). The zero-order valence-corrected chi connectivity index (χ0v) is 11.6. The summed E-state index contributed by atoms with van der Waals surface area (Å²) in [7, 11) is 0. The van der Waals surface area contributed by atoms with E-state index in [-0.39, 0.29) is 0 Å². The summed E-state index contributed by atoms with van der Waals surface area (Å²) >= 11 is 1.79. The zero-order valence-electron chi connectivity index (χ0n) is 10.8. The van der Waals surface area contributed by atoms with Crippen LogP contribution in [-0.4, -0.2) is 12.1 Å². The Labute approximate surface area is 104 Å². The fourth-order valence-corrected chi connectivity index (χ4v) is 2.76. The van der Waals surface area contributed by atoms with E-state index in [9.17, 15) is 0 Å². The predicted octanol–water partition coefficient (Wildman–Crippen LogP) is 4.24. The number of hydrogen-bond acceptors (Lipinski definition) is 2. The van der Waals surface area contributed by atoms with Crippen molar-refractivity contribution in [2.45, 2.75) is 65.0 Å². The van der Waals surface area contributed by atoms with Gasteiger partial charge in [0, 0.05) is 12.1 Å². The number of nitrogens with one attached hydrogen (secondary N) is 1. The van der Waals surface area contributed by atoms with Crippen LogP contribution in [0, 0.1) is 0 Å². The smallest absolute Gasteiger partial charge is 0.00820 e. The lowest BCUT2D eigenvalue weighted by Crippen LogP contribution is -2.37. The molecule has 2 atom stereocenters. The van der Waals surface area contributed by atoms with Crippen LogP contribution in [0.15, 0.2) is 16.8 Å². The van der Waals surface area contributed by atoms with E-state index in [1.165, 1.54) is 31.2 Å². The molecule has 0 aliphatic heterocycles. The first-order valence-corrected chi connectivity index (χ1v) is 7.47. The van der Waals surface area contributed by atoms with E-state index in [1.807, 2.05) is 0 Å². The topological polar surface area (TPSA) is 12.0 Å². The van der Waals surface area contributed by atoms with Gasteiger partial charge in [-0.2, -0.15) is 11.3 Å². The molecule has 2 unspecified atom stereocenters. The molecular formula is C14H25NS. The van der Waals surface area contributed by atoms with Crippen LogP contribution in [0.5, 0.6) is 0 Å². The molecule has 0 aromatic carbocycles. The van der Waals surface area contributed by atoms with Gasteiger partial charge < -0.3 is 5.32 Å². The van der Waals surface area contributed by atoms with Crippen molar-refractivity contribution in [3.8, 4) is 0 Å². The predicted molar refractivity (Wildman–Crippen MR) is 74.2 cm³/mol. The van der Waals surface area contributed by atoms with Crippen LogP contribution in [-0.2, 0) is 6.42 Å². The van der Waals surface area contributed by atoms with Gasteiger partial charge in [-0.1, -0.05) is 26.7 Å². The third kappa shape index (κ3) is 5.13. The Bertz CT molecular complexity index is 256. The van der Waals surface area contributed by atoms with Gasteiger partial charge in [0.15, 0.2) is 0 Å². The molecule has 0 saturated carbocycles. The zero-order chi connectivity index (χ0) is 11.8. The summed E-state index contributed by atoms with van der Waals surface area (Å²) < 4.78 is 0. The highest BCUT2D eigenvalue weighted by Crippen LogP contribution is 2.11. The highest BCUT2D eigenvalue weighted by Gasteiger charge is 2.10. The Kier molecular flexibility index (Phi) is 6.74. The number of unbranched alkanes of at least 4 members (excludes halogenated alkanes) is 1. The number of rotatable bonds is 8. The van der Waals surface area contributed by atoms with E-state index in [0.717, 1.165) is 6.42 Å². The summed E-state index contributed by atoms with van der Waals surface area (Å²) in [5, 5.41) is 8.16. The molecule has 0 bridgehead atoms. The van der Waals surface area contributed by atoms with Gasteiger partial charge in [-0.15, -0.1) is 0 Å². The monoisotopic (exact) mass is 239 g/mol. The van der Waals surface area contributed by atoms with Gasteiger partial charge in [0.05, 0.1) is 0 Å². The quantitative estimate of drug-likeness (QED) is 0.715. The lowest BCUT2D eigenvalue weighted by molar-refractivity contribution is 0.402. The van der Waals surface area contributed by atoms with Crippen molar-refractivity contribution in [1.29, 1.82) is 0 Å². The summed E-state index contributed by atoms with van der Waals surface area (Å²) in [5.41, 5.74) is 1.47. The summed E-state index contributed by atoms with van der Waals surface area (Å²) in [6.07, 6.45) is 6.37. The molecule has 2 heteroatoms. The van der Waals surface area contributed by atoms with Gasteiger partial charge in [-0.25, -0.2) is 0 Å². The van der Waals surface area contributed by atoms with E-state index in [4.69, 9.17) is 0 Å². The molecular weight excluding hydrogens is 214 g/mol. The number of hydrogen-bond donors (Lipinski definition) is 1. The van der Waals surface area contributed by atoms with Crippen LogP contribution in [0.4, 0.5) is 0 Å². The maximum atomic E-state index is 3.74. The SMILES string of the molecule is CCCCC(CC)NC(C)Cc1ccsc1. The van der Waals surface area contributed by atoms with E-state index in [1.54, 1.807) is 11.3 Å². The van der Waals surface area contributed by atoms with Gasteiger partial charge in [0.25, 0.3) is 0 Å². The Balaban J connectivity index is 2.28. The molecule has 1 nitrogen and oxygen atoms in total. The second kappa shape index (κ2) is 7.86. The van der Waals surface area contributed by atoms with Crippen molar-refractivity contribution in [3.05, 3.63) is 22.4 Å². The van der Waals surface area contributed by atoms with E-state index >= 15 is 0 Å². The first-order valence-electron chi connectivity index (χ1n) is 6.53. The molecule has 0 aliphatic rings. The van der Waals surface area contributed by atoms with Gasteiger partial charge in [-0.3, -0.25) is 0 Å².